The highest BCUT2D eigenvalue weighted by Gasteiger charge is 2.35. The maximum absolute atomic E-state index is 13.5. The van der Waals surface area contributed by atoms with Crippen LogP contribution >= 0.6 is 11.3 Å². The molecule has 7 nitrogen and oxygen atoms in total. The summed E-state index contributed by atoms with van der Waals surface area (Å²) in [4.78, 5) is 28.7. The number of thiophene rings is 1. The Balaban J connectivity index is 1.61. The van der Waals surface area contributed by atoms with Crippen molar-refractivity contribution in [3.05, 3.63) is 81.8 Å². The van der Waals surface area contributed by atoms with E-state index in [0.29, 0.717) is 24.4 Å². The van der Waals surface area contributed by atoms with Gasteiger partial charge in [-0.15, -0.1) is 11.3 Å². The van der Waals surface area contributed by atoms with E-state index in [2.05, 4.69) is 0 Å². The van der Waals surface area contributed by atoms with E-state index >= 15 is 0 Å². The summed E-state index contributed by atoms with van der Waals surface area (Å²) in [7, 11) is 3.55. The van der Waals surface area contributed by atoms with Gasteiger partial charge in [0, 0.05) is 33.3 Å². The summed E-state index contributed by atoms with van der Waals surface area (Å²) in [6.07, 6.45) is 2.58. The smallest absolute Gasteiger partial charge is 0.264 e. The number of aromatic nitrogens is 1. The number of hydrogen-bond acceptors (Lipinski definition) is 5. The molecule has 1 aromatic carbocycles. The van der Waals surface area contributed by atoms with E-state index in [0.717, 1.165) is 22.5 Å². The van der Waals surface area contributed by atoms with Crippen LogP contribution in [0.5, 0.6) is 0 Å². The predicted octanol–water partition coefficient (Wildman–Crippen LogP) is 3.86. The Morgan fingerprint density at radius 2 is 1.97 bits per heavy atom. The first-order valence-corrected chi connectivity index (χ1v) is 11.8. The van der Waals surface area contributed by atoms with Crippen molar-refractivity contribution in [3.8, 4) is 0 Å². The number of carbonyl (C=O) groups excluding carboxylic acids is 2. The maximum Gasteiger partial charge on any atom is 0.264 e. The standard InChI is InChI=1S/C25H28N4O3S/c1-18-8-10-19(11-9-18)22-16-20(21-6-4-12-27(21)2)26-29(22)24(30)17-28(13-14-32-3)25(31)23-7-5-15-33-23/h4-12,15,22H,13-14,16-17H2,1-3H3/t22-/m1/s1. The lowest BCUT2D eigenvalue weighted by Crippen LogP contribution is -2.42. The van der Waals surface area contributed by atoms with Gasteiger partial charge in [-0.05, 0) is 36.1 Å². The van der Waals surface area contributed by atoms with Gasteiger partial charge in [-0.3, -0.25) is 9.59 Å². The first-order valence-electron chi connectivity index (χ1n) is 10.9. The monoisotopic (exact) mass is 464 g/mol. The fourth-order valence-electron chi connectivity index (χ4n) is 3.95. The first-order chi connectivity index (χ1) is 16.0. The average molecular weight is 465 g/mol. The Bertz CT molecular complexity index is 1130. The number of hydrazone groups is 1. The molecule has 1 atom stereocenters. The normalized spacial score (nSPS) is 15.5. The van der Waals surface area contributed by atoms with Crippen molar-refractivity contribution < 1.29 is 14.3 Å². The van der Waals surface area contributed by atoms with Crippen molar-refractivity contribution in [1.29, 1.82) is 0 Å². The van der Waals surface area contributed by atoms with Crippen LogP contribution in [0, 0.1) is 6.92 Å². The van der Waals surface area contributed by atoms with Crippen molar-refractivity contribution in [3.63, 3.8) is 0 Å². The van der Waals surface area contributed by atoms with Crippen LogP contribution in [0.1, 0.15) is 39.0 Å². The van der Waals surface area contributed by atoms with E-state index in [1.165, 1.54) is 11.3 Å². The fourth-order valence-corrected chi connectivity index (χ4v) is 4.64. The van der Waals surface area contributed by atoms with E-state index < -0.39 is 0 Å². The van der Waals surface area contributed by atoms with Gasteiger partial charge in [0.2, 0.25) is 0 Å². The summed E-state index contributed by atoms with van der Waals surface area (Å²) >= 11 is 1.36. The molecule has 1 aliphatic heterocycles. The minimum absolute atomic E-state index is 0.0631. The number of hydrogen-bond donors (Lipinski definition) is 0. The van der Waals surface area contributed by atoms with Crippen molar-refractivity contribution in [2.24, 2.45) is 12.1 Å². The number of methoxy groups -OCH3 is 1. The third kappa shape index (κ3) is 5.07. The molecule has 0 aliphatic carbocycles. The van der Waals surface area contributed by atoms with Crippen LogP contribution in [0.3, 0.4) is 0 Å². The maximum atomic E-state index is 13.5. The highest BCUT2D eigenvalue weighted by Crippen LogP contribution is 2.33. The lowest BCUT2D eigenvalue weighted by Gasteiger charge is -2.26. The van der Waals surface area contributed by atoms with E-state index in [1.807, 2.05) is 72.6 Å². The first kappa shape index (κ1) is 22.9. The molecule has 0 bridgehead atoms. The van der Waals surface area contributed by atoms with Gasteiger partial charge in [-0.25, -0.2) is 5.01 Å². The number of aryl methyl sites for hydroxylation is 2. The zero-order valence-electron chi connectivity index (χ0n) is 19.1. The molecule has 33 heavy (non-hydrogen) atoms. The van der Waals surface area contributed by atoms with Gasteiger partial charge in [0.05, 0.1) is 28.9 Å². The van der Waals surface area contributed by atoms with Crippen LogP contribution < -0.4 is 0 Å². The molecule has 0 saturated heterocycles. The molecule has 0 unspecified atom stereocenters. The van der Waals surface area contributed by atoms with Gasteiger partial charge in [0.1, 0.15) is 6.54 Å². The van der Waals surface area contributed by atoms with E-state index in [9.17, 15) is 9.59 Å². The lowest BCUT2D eigenvalue weighted by atomic mass is 9.99. The number of rotatable bonds is 8. The second-order valence-electron chi connectivity index (χ2n) is 8.12. The number of nitrogens with zero attached hydrogens (tertiary/aromatic N) is 4. The number of carbonyl (C=O) groups is 2. The molecule has 0 radical (unpaired) electrons. The molecular formula is C25H28N4O3S. The van der Waals surface area contributed by atoms with E-state index in [4.69, 9.17) is 9.84 Å². The van der Waals surface area contributed by atoms with Crippen molar-refractivity contribution in [2.75, 3.05) is 26.8 Å². The molecule has 0 spiro atoms. The zero-order valence-corrected chi connectivity index (χ0v) is 19.9. The van der Waals surface area contributed by atoms with Crippen molar-refractivity contribution in [2.45, 2.75) is 19.4 Å². The molecule has 1 aliphatic rings. The minimum atomic E-state index is -0.218. The van der Waals surface area contributed by atoms with Crippen LogP contribution in [0.4, 0.5) is 0 Å². The number of ether oxygens (including phenoxy) is 1. The molecule has 2 aromatic heterocycles. The minimum Gasteiger partial charge on any atom is -0.383 e. The predicted molar refractivity (Wildman–Crippen MR) is 129 cm³/mol. The molecule has 0 saturated carbocycles. The molecule has 4 rings (SSSR count). The topological polar surface area (TPSA) is 67.1 Å². The molecule has 172 valence electrons. The van der Waals surface area contributed by atoms with Crippen LogP contribution in [0.25, 0.3) is 0 Å². The molecule has 2 amide bonds. The fraction of sp³-hybridized carbons (Fsp3) is 0.320. The Morgan fingerprint density at radius 1 is 1.18 bits per heavy atom. The average Bonchev–Trinajstić information content (AvgIpc) is 3.57. The molecular weight excluding hydrogens is 436 g/mol. The zero-order chi connectivity index (χ0) is 23.4. The molecule has 3 heterocycles. The second-order valence-corrected chi connectivity index (χ2v) is 9.06. The van der Waals surface area contributed by atoms with Crippen molar-refractivity contribution in [1.82, 2.24) is 14.5 Å². The Hall–Kier alpha value is -3.23. The van der Waals surface area contributed by atoms with Gasteiger partial charge in [-0.2, -0.15) is 5.10 Å². The molecule has 0 N–H and O–H groups in total. The third-order valence-electron chi connectivity index (χ3n) is 5.78. The molecule has 0 fully saturated rings. The summed E-state index contributed by atoms with van der Waals surface area (Å²) in [6.45, 7) is 2.66. The van der Waals surface area contributed by atoms with Crippen molar-refractivity contribution >= 4 is 28.9 Å². The SMILES string of the molecule is COCCN(CC(=O)N1N=C(c2cccn2C)C[C@@H]1c1ccc(C)cc1)C(=O)c1cccs1. The number of benzene rings is 1. The van der Waals surface area contributed by atoms with Gasteiger partial charge in [0.25, 0.3) is 11.8 Å². The highest BCUT2D eigenvalue weighted by atomic mass is 32.1. The van der Waals surface area contributed by atoms with E-state index in [-0.39, 0.29) is 24.4 Å². The lowest BCUT2D eigenvalue weighted by molar-refractivity contribution is -0.133. The van der Waals surface area contributed by atoms with Crippen LogP contribution in [-0.4, -0.2) is 58.8 Å². The summed E-state index contributed by atoms with van der Waals surface area (Å²) in [5.74, 6) is -0.390. The Labute approximate surface area is 197 Å². The quantitative estimate of drug-likeness (QED) is 0.508. The summed E-state index contributed by atoms with van der Waals surface area (Å²) < 4.78 is 7.19. The third-order valence-corrected chi connectivity index (χ3v) is 6.64. The van der Waals surface area contributed by atoms with Crippen LogP contribution in [0.2, 0.25) is 0 Å². The van der Waals surface area contributed by atoms with Gasteiger partial charge >= 0.3 is 0 Å². The molecule has 3 aromatic rings. The van der Waals surface area contributed by atoms with Crippen LogP contribution in [-0.2, 0) is 16.6 Å². The Kier molecular flexibility index (Phi) is 7.05. The van der Waals surface area contributed by atoms with E-state index in [1.54, 1.807) is 23.1 Å². The summed E-state index contributed by atoms with van der Waals surface area (Å²) in [5, 5.41) is 8.15. The number of amides is 2. The summed E-state index contributed by atoms with van der Waals surface area (Å²) in [6, 6.07) is 15.5. The molecule has 8 heteroatoms. The largest absolute Gasteiger partial charge is 0.383 e. The Morgan fingerprint density at radius 3 is 2.61 bits per heavy atom. The van der Waals surface area contributed by atoms with Crippen LogP contribution in [0.15, 0.2) is 65.2 Å². The van der Waals surface area contributed by atoms with Gasteiger partial charge in [-0.1, -0.05) is 35.9 Å². The van der Waals surface area contributed by atoms with Gasteiger partial charge in [0.15, 0.2) is 0 Å². The second kappa shape index (κ2) is 10.1. The summed E-state index contributed by atoms with van der Waals surface area (Å²) in [5.41, 5.74) is 4.02. The van der Waals surface area contributed by atoms with Gasteiger partial charge < -0.3 is 14.2 Å². The highest BCUT2D eigenvalue weighted by molar-refractivity contribution is 7.12.